The van der Waals surface area contributed by atoms with E-state index in [0.29, 0.717) is 0 Å². The van der Waals surface area contributed by atoms with Crippen molar-refractivity contribution in [1.82, 2.24) is 4.98 Å². The molecular weight excluding hydrogens is 416 g/mol. The number of nitrogens with zero attached hydrogens (tertiary/aromatic N) is 2. The lowest BCUT2D eigenvalue weighted by atomic mass is 9.64. The predicted molar refractivity (Wildman–Crippen MR) is 140 cm³/mol. The van der Waals surface area contributed by atoms with Gasteiger partial charge >= 0.3 is 0 Å². The summed E-state index contributed by atoms with van der Waals surface area (Å²) in [6.45, 7) is 13.9. The molecule has 0 spiro atoms. The van der Waals surface area contributed by atoms with Crippen LogP contribution in [0, 0.1) is 13.8 Å². The van der Waals surface area contributed by atoms with E-state index in [2.05, 4.69) is 95.6 Å². The molecule has 0 radical (unpaired) electrons. The monoisotopic (exact) mass is 449 g/mol. The van der Waals surface area contributed by atoms with Crippen molar-refractivity contribution in [2.24, 2.45) is 7.05 Å². The Balaban J connectivity index is 1.79. The van der Waals surface area contributed by atoms with Gasteiger partial charge in [0.2, 0.25) is 0 Å². The number of benzene rings is 3. The number of hydrogen-bond donors (Lipinski definition) is 0. The van der Waals surface area contributed by atoms with E-state index >= 15 is 0 Å². The number of furan rings is 1. The van der Waals surface area contributed by atoms with Gasteiger partial charge in [0.1, 0.15) is 16.9 Å². The van der Waals surface area contributed by atoms with Crippen LogP contribution in [0.2, 0.25) is 0 Å². The van der Waals surface area contributed by atoms with Gasteiger partial charge in [-0.3, -0.25) is 0 Å². The van der Waals surface area contributed by atoms with Crippen molar-refractivity contribution in [1.29, 1.82) is 0 Å². The van der Waals surface area contributed by atoms with Crippen LogP contribution in [0.25, 0.3) is 44.0 Å². The molecule has 34 heavy (non-hydrogen) atoms. The number of aromatic nitrogens is 2. The molecule has 0 N–H and O–H groups in total. The molecule has 0 unspecified atom stereocenters. The second kappa shape index (κ2) is 6.91. The van der Waals surface area contributed by atoms with E-state index in [1.54, 1.807) is 0 Å². The van der Waals surface area contributed by atoms with Crippen molar-refractivity contribution in [2.75, 3.05) is 0 Å². The van der Waals surface area contributed by atoms with E-state index in [-0.39, 0.29) is 10.8 Å². The molecule has 0 atom stereocenters. The number of rotatable bonds is 1. The third-order valence-corrected chi connectivity index (χ3v) is 8.27. The van der Waals surface area contributed by atoms with Crippen LogP contribution in [0.1, 0.15) is 62.9 Å². The van der Waals surface area contributed by atoms with Crippen LogP contribution < -0.4 is 4.57 Å². The number of aryl methyl sites for hydroxylation is 2. The lowest BCUT2D eigenvalue weighted by Gasteiger charge is -2.39. The molecule has 0 bridgehead atoms. The summed E-state index contributed by atoms with van der Waals surface area (Å²) in [6, 6.07) is 15.3. The molecule has 0 amide bonds. The molecule has 3 aromatic carbocycles. The predicted octanol–water partition coefficient (Wildman–Crippen LogP) is 7.59. The average Bonchev–Trinajstić information content (AvgIpc) is 3.13. The largest absolute Gasteiger partial charge is 0.455 e. The molecule has 3 nitrogen and oxygen atoms in total. The van der Waals surface area contributed by atoms with E-state index < -0.39 is 0 Å². The fourth-order valence-electron chi connectivity index (χ4n) is 5.99. The molecule has 2 heterocycles. The Kier molecular flexibility index (Phi) is 4.34. The molecule has 5 aromatic rings. The fourth-order valence-corrected chi connectivity index (χ4v) is 5.99. The van der Waals surface area contributed by atoms with Gasteiger partial charge in [-0.2, -0.15) is 0 Å². The van der Waals surface area contributed by atoms with Crippen LogP contribution in [0.15, 0.2) is 53.2 Å². The lowest BCUT2D eigenvalue weighted by molar-refractivity contribution is -0.664. The van der Waals surface area contributed by atoms with Crippen molar-refractivity contribution < 1.29 is 8.98 Å². The summed E-state index contributed by atoms with van der Waals surface area (Å²) in [5.74, 6) is 0. The van der Waals surface area contributed by atoms with Gasteiger partial charge < -0.3 is 4.42 Å². The molecule has 6 rings (SSSR count). The highest BCUT2D eigenvalue weighted by Crippen LogP contribution is 2.49. The van der Waals surface area contributed by atoms with Gasteiger partial charge in [-0.25, -0.2) is 4.57 Å². The summed E-state index contributed by atoms with van der Waals surface area (Å²) in [5, 5.41) is 4.83. The maximum absolute atomic E-state index is 6.71. The van der Waals surface area contributed by atoms with Crippen LogP contribution in [0.5, 0.6) is 0 Å². The van der Waals surface area contributed by atoms with Crippen molar-refractivity contribution in [2.45, 2.75) is 65.2 Å². The zero-order valence-electron chi connectivity index (χ0n) is 21.3. The van der Waals surface area contributed by atoms with Gasteiger partial charge in [-0.1, -0.05) is 56.9 Å². The van der Waals surface area contributed by atoms with E-state index in [1.807, 2.05) is 6.33 Å². The molecule has 0 fully saturated rings. The molecule has 0 saturated carbocycles. The van der Waals surface area contributed by atoms with Gasteiger partial charge in [-0.15, -0.1) is 0 Å². The van der Waals surface area contributed by atoms with E-state index in [1.165, 1.54) is 55.2 Å². The molecule has 172 valence electrons. The van der Waals surface area contributed by atoms with E-state index in [4.69, 9.17) is 9.40 Å². The van der Waals surface area contributed by atoms with Crippen molar-refractivity contribution >= 4 is 32.7 Å². The van der Waals surface area contributed by atoms with Crippen LogP contribution in [0.3, 0.4) is 0 Å². The van der Waals surface area contributed by atoms with Gasteiger partial charge in [0, 0.05) is 16.2 Å². The highest BCUT2D eigenvalue weighted by atomic mass is 16.3. The molecule has 3 heteroatoms. The van der Waals surface area contributed by atoms with Crippen LogP contribution in [-0.2, 0) is 17.9 Å². The SMILES string of the molecule is Cc1cc2c(oc3cc4ccccc4cc32)c(-c2c3c(nc[n+]2C)C(C)(C)CCC3(C)C)c1C. The Labute approximate surface area is 201 Å². The third-order valence-electron chi connectivity index (χ3n) is 8.27. The van der Waals surface area contributed by atoms with Crippen molar-refractivity contribution in [3.63, 3.8) is 0 Å². The molecule has 0 saturated heterocycles. The van der Waals surface area contributed by atoms with Gasteiger partial charge in [-0.05, 0) is 72.2 Å². The maximum Gasteiger partial charge on any atom is 0.286 e. The summed E-state index contributed by atoms with van der Waals surface area (Å²) in [6.07, 6.45) is 4.29. The first kappa shape index (κ1) is 21.3. The smallest absolute Gasteiger partial charge is 0.286 e. The zero-order chi connectivity index (χ0) is 24.0. The minimum Gasteiger partial charge on any atom is -0.455 e. The molecule has 1 aliphatic carbocycles. The normalized spacial score (nSPS) is 16.9. The van der Waals surface area contributed by atoms with Crippen molar-refractivity contribution in [3.05, 3.63) is 71.2 Å². The lowest BCUT2D eigenvalue weighted by Crippen LogP contribution is -2.43. The highest BCUT2D eigenvalue weighted by molar-refractivity contribution is 6.13. The quantitative estimate of drug-likeness (QED) is 0.247. The molecule has 0 aliphatic heterocycles. The maximum atomic E-state index is 6.71. The Hall–Kier alpha value is -3.20. The average molecular weight is 450 g/mol. The molecular formula is C31H33N2O+. The Morgan fingerprint density at radius 1 is 0.882 bits per heavy atom. The zero-order valence-corrected chi connectivity index (χ0v) is 21.3. The topological polar surface area (TPSA) is 29.9 Å². The first-order valence-corrected chi connectivity index (χ1v) is 12.3. The first-order chi connectivity index (χ1) is 16.1. The fraction of sp³-hybridized carbons (Fsp3) is 0.355. The Morgan fingerprint density at radius 2 is 1.56 bits per heavy atom. The van der Waals surface area contributed by atoms with E-state index in [0.717, 1.165) is 24.0 Å². The van der Waals surface area contributed by atoms with Crippen LogP contribution in [-0.4, -0.2) is 4.98 Å². The second-order valence-corrected chi connectivity index (χ2v) is 11.6. The summed E-state index contributed by atoms with van der Waals surface area (Å²) < 4.78 is 8.93. The summed E-state index contributed by atoms with van der Waals surface area (Å²) in [5.41, 5.74) is 9.64. The van der Waals surface area contributed by atoms with Crippen LogP contribution in [0.4, 0.5) is 0 Å². The van der Waals surface area contributed by atoms with Crippen molar-refractivity contribution in [3.8, 4) is 11.3 Å². The standard InChI is InChI=1S/C31H33N2O/c1-18-14-23-22-15-20-10-8-9-11-21(20)16-24(22)34-28(23)25(19(18)2)27-26-29(32-17-33(27)7)31(5,6)13-12-30(26,3)4/h8-11,14-17H,12-13H2,1-7H3/q+1. The summed E-state index contributed by atoms with van der Waals surface area (Å²) in [4.78, 5) is 5.00. The first-order valence-electron chi connectivity index (χ1n) is 12.3. The molecule has 2 aromatic heterocycles. The minimum atomic E-state index is 0.0371. The number of fused-ring (bicyclic) bond motifs is 5. The summed E-state index contributed by atoms with van der Waals surface area (Å²) in [7, 11) is 2.13. The highest BCUT2D eigenvalue weighted by Gasteiger charge is 2.45. The number of hydrogen-bond acceptors (Lipinski definition) is 2. The Bertz CT molecular complexity index is 1640. The van der Waals surface area contributed by atoms with Crippen LogP contribution >= 0.6 is 0 Å². The van der Waals surface area contributed by atoms with Gasteiger partial charge in [0.05, 0.1) is 18.2 Å². The van der Waals surface area contributed by atoms with Gasteiger partial charge in [0.15, 0.2) is 5.69 Å². The minimum absolute atomic E-state index is 0.0371. The molecule has 1 aliphatic rings. The Morgan fingerprint density at radius 3 is 2.29 bits per heavy atom. The third kappa shape index (κ3) is 2.89. The second-order valence-electron chi connectivity index (χ2n) is 11.6. The van der Waals surface area contributed by atoms with E-state index in [9.17, 15) is 0 Å². The summed E-state index contributed by atoms with van der Waals surface area (Å²) >= 11 is 0. The van der Waals surface area contributed by atoms with Gasteiger partial charge in [0.25, 0.3) is 6.33 Å².